The molecule has 0 aromatic heterocycles. The van der Waals surface area contributed by atoms with E-state index in [1.54, 1.807) is 0 Å². The van der Waals surface area contributed by atoms with E-state index >= 15 is 0 Å². The minimum Gasteiger partial charge on any atom is -0.480 e. The van der Waals surface area contributed by atoms with E-state index in [9.17, 15) is 4.79 Å². The maximum Gasteiger partial charge on any atom is 0.321 e. The Balaban J connectivity index is 1.82. The van der Waals surface area contributed by atoms with Gasteiger partial charge < -0.3 is 5.11 Å². The van der Waals surface area contributed by atoms with Crippen molar-refractivity contribution in [2.75, 3.05) is 13.1 Å². The summed E-state index contributed by atoms with van der Waals surface area (Å²) in [5, 5.41) is 18.2. The number of benzene rings is 2. The summed E-state index contributed by atoms with van der Waals surface area (Å²) in [4.78, 5) is 13.4. The molecule has 0 bridgehead atoms. The predicted molar refractivity (Wildman–Crippen MR) is 86.5 cm³/mol. The zero-order chi connectivity index (χ0) is 16.2. The number of aliphatic carboxylic acids is 1. The smallest absolute Gasteiger partial charge is 0.321 e. The Morgan fingerprint density at radius 1 is 1.04 bits per heavy atom. The second-order valence-corrected chi connectivity index (χ2v) is 5.88. The van der Waals surface area contributed by atoms with E-state index in [0.717, 1.165) is 0 Å². The number of nitrogens with zero attached hydrogens (tertiary/aromatic N) is 2. The fourth-order valence-corrected chi connectivity index (χ4v) is 3.22. The summed E-state index contributed by atoms with van der Waals surface area (Å²) in [6.45, 7) is 1.25. The van der Waals surface area contributed by atoms with Gasteiger partial charge in [-0.05, 0) is 11.1 Å². The maximum absolute atomic E-state index is 11.1. The zero-order valence-electron chi connectivity index (χ0n) is 12.7. The van der Waals surface area contributed by atoms with Gasteiger partial charge in [-0.25, -0.2) is 0 Å². The van der Waals surface area contributed by atoms with E-state index in [4.69, 9.17) is 10.4 Å². The summed E-state index contributed by atoms with van der Waals surface area (Å²) in [5.41, 5.74) is 2.36. The molecule has 4 nitrogen and oxygen atoms in total. The van der Waals surface area contributed by atoms with Crippen molar-refractivity contribution in [3.63, 3.8) is 0 Å². The zero-order valence-corrected chi connectivity index (χ0v) is 12.7. The second kappa shape index (κ2) is 6.64. The Hall–Kier alpha value is -2.64. The summed E-state index contributed by atoms with van der Waals surface area (Å²) in [6, 6.07) is 22.4. The summed E-state index contributed by atoms with van der Waals surface area (Å²) in [6.07, 6.45) is 0. The first kappa shape index (κ1) is 15.3. The molecule has 1 atom stereocenters. The highest BCUT2D eigenvalue weighted by Crippen LogP contribution is 2.36. The SMILES string of the molecule is N#C[C@@H](C(=O)O)C1CN(C(c2ccccc2)c2ccccc2)C1. The topological polar surface area (TPSA) is 64.3 Å². The Morgan fingerprint density at radius 2 is 1.52 bits per heavy atom. The summed E-state index contributed by atoms with van der Waals surface area (Å²) in [7, 11) is 0. The van der Waals surface area contributed by atoms with Crippen LogP contribution in [0, 0.1) is 23.2 Å². The standard InChI is InChI=1S/C19H18N2O2/c20-11-17(19(22)23)16-12-21(13-16)18(14-7-3-1-4-8-14)15-9-5-2-6-10-15/h1-10,16-18H,12-13H2,(H,22,23)/t17-/m1/s1. The van der Waals surface area contributed by atoms with Gasteiger partial charge in [0.25, 0.3) is 0 Å². The highest BCUT2D eigenvalue weighted by molar-refractivity contribution is 5.73. The van der Waals surface area contributed by atoms with Crippen molar-refractivity contribution in [2.24, 2.45) is 11.8 Å². The van der Waals surface area contributed by atoms with E-state index in [-0.39, 0.29) is 12.0 Å². The molecule has 1 heterocycles. The average molecular weight is 306 g/mol. The van der Waals surface area contributed by atoms with Crippen molar-refractivity contribution in [3.8, 4) is 6.07 Å². The van der Waals surface area contributed by atoms with E-state index in [2.05, 4.69) is 29.2 Å². The Bertz CT molecular complexity index is 664. The van der Waals surface area contributed by atoms with Crippen molar-refractivity contribution in [1.29, 1.82) is 5.26 Å². The lowest BCUT2D eigenvalue weighted by atomic mass is 9.83. The molecule has 116 valence electrons. The molecule has 1 aliphatic heterocycles. The number of carboxylic acid groups (broad SMARTS) is 1. The van der Waals surface area contributed by atoms with Crippen molar-refractivity contribution >= 4 is 5.97 Å². The van der Waals surface area contributed by atoms with Crippen LogP contribution in [0.1, 0.15) is 17.2 Å². The summed E-state index contributed by atoms with van der Waals surface area (Å²) in [5.74, 6) is -2.04. The lowest BCUT2D eigenvalue weighted by Gasteiger charge is -2.45. The molecular weight excluding hydrogens is 288 g/mol. The molecule has 0 amide bonds. The van der Waals surface area contributed by atoms with E-state index in [1.807, 2.05) is 42.5 Å². The summed E-state index contributed by atoms with van der Waals surface area (Å²) >= 11 is 0. The lowest BCUT2D eigenvalue weighted by Crippen LogP contribution is -2.52. The predicted octanol–water partition coefficient (Wildman–Crippen LogP) is 2.93. The van der Waals surface area contributed by atoms with Gasteiger partial charge in [0.15, 0.2) is 0 Å². The van der Waals surface area contributed by atoms with Crippen molar-refractivity contribution in [3.05, 3.63) is 71.8 Å². The molecule has 1 N–H and O–H groups in total. The van der Waals surface area contributed by atoms with Crippen molar-refractivity contribution in [2.45, 2.75) is 6.04 Å². The molecule has 0 aliphatic carbocycles. The molecule has 0 unspecified atom stereocenters. The van der Waals surface area contributed by atoms with E-state index in [1.165, 1.54) is 11.1 Å². The van der Waals surface area contributed by atoms with Gasteiger partial charge in [-0.1, -0.05) is 60.7 Å². The number of rotatable bonds is 5. The Kier molecular flexibility index (Phi) is 4.40. The second-order valence-electron chi connectivity index (χ2n) is 5.88. The van der Waals surface area contributed by atoms with Crippen LogP contribution >= 0.6 is 0 Å². The highest BCUT2D eigenvalue weighted by Gasteiger charge is 2.41. The molecule has 1 fully saturated rings. The number of hydrogen-bond donors (Lipinski definition) is 1. The molecule has 1 saturated heterocycles. The quantitative estimate of drug-likeness (QED) is 0.922. The Labute approximate surface area is 135 Å². The molecule has 4 heteroatoms. The van der Waals surface area contributed by atoms with Gasteiger partial charge in [0.05, 0.1) is 12.1 Å². The average Bonchev–Trinajstić information content (AvgIpc) is 2.54. The third-order valence-electron chi connectivity index (χ3n) is 4.41. The van der Waals surface area contributed by atoms with Crippen LogP contribution in [0.2, 0.25) is 0 Å². The third-order valence-corrected chi connectivity index (χ3v) is 4.41. The van der Waals surface area contributed by atoms with E-state index < -0.39 is 11.9 Å². The van der Waals surface area contributed by atoms with Crippen molar-refractivity contribution in [1.82, 2.24) is 4.90 Å². The maximum atomic E-state index is 11.1. The molecule has 2 aromatic rings. The molecule has 23 heavy (non-hydrogen) atoms. The van der Waals surface area contributed by atoms with Gasteiger partial charge in [-0.3, -0.25) is 9.69 Å². The first-order valence-corrected chi connectivity index (χ1v) is 7.67. The van der Waals surface area contributed by atoms with Crippen LogP contribution in [-0.2, 0) is 4.79 Å². The summed E-state index contributed by atoms with van der Waals surface area (Å²) < 4.78 is 0. The van der Waals surface area contributed by atoms with Crippen LogP contribution in [0.4, 0.5) is 0 Å². The first-order valence-electron chi connectivity index (χ1n) is 7.67. The monoisotopic (exact) mass is 306 g/mol. The van der Waals surface area contributed by atoms with Gasteiger partial charge in [-0.2, -0.15) is 5.26 Å². The fourth-order valence-electron chi connectivity index (χ4n) is 3.22. The number of nitriles is 1. The fraction of sp³-hybridized carbons (Fsp3) is 0.263. The van der Waals surface area contributed by atoms with Crippen LogP contribution < -0.4 is 0 Å². The van der Waals surface area contributed by atoms with E-state index in [0.29, 0.717) is 13.1 Å². The van der Waals surface area contributed by atoms with Crippen molar-refractivity contribution < 1.29 is 9.90 Å². The van der Waals surface area contributed by atoms with Crippen LogP contribution in [0.5, 0.6) is 0 Å². The number of hydrogen-bond acceptors (Lipinski definition) is 3. The molecule has 3 rings (SSSR count). The number of likely N-dealkylation sites (tertiary alicyclic amines) is 1. The van der Waals surface area contributed by atoms with Crippen LogP contribution in [0.15, 0.2) is 60.7 Å². The van der Waals surface area contributed by atoms with Gasteiger partial charge in [0.1, 0.15) is 5.92 Å². The molecule has 0 saturated carbocycles. The molecule has 1 aliphatic rings. The first-order chi connectivity index (χ1) is 11.2. The molecular formula is C19H18N2O2. The normalized spacial score (nSPS) is 16.5. The third kappa shape index (κ3) is 3.10. The van der Waals surface area contributed by atoms with Gasteiger partial charge in [-0.15, -0.1) is 0 Å². The highest BCUT2D eigenvalue weighted by atomic mass is 16.4. The van der Waals surface area contributed by atoms with Gasteiger partial charge in [0, 0.05) is 19.0 Å². The van der Waals surface area contributed by atoms with Gasteiger partial charge in [0.2, 0.25) is 0 Å². The van der Waals surface area contributed by atoms with Crippen LogP contribution in [-0.4, -0.2) is 29.1 Å². The number of carbonyl (C=O) groups is 1. The molecule has 2 aromatic carbocycles. The minimum absolute atomic E-state index is 0.0989. The minimum atomic E-state index is -1.02. The van der Waals surface area contributed by atoms with Gasteiger partial charge >= 0.3 is 5.97 Å². The largest absolute Gasteiger partial charge is 0.480 e. The Morgan fingerprint density at radius 3 is 1.91 bits per heavy atom. The molecule has 0 radical (unpaired) electrons. The van der Waals surface area contributed by atoms with Crippen LogP contribution in [0.3, 0.4) is 0 Å². The number of carboxylic acids is 1. The molecule has 0 spiro atoms. The van der Waals surface area contributed by atoms with Crippen LogP contribution in [0.25, 0.3) is 0 Å². The lowest BCUT2D eigenvalue weighted by molar-refractivity contribution is -0.143.